The van der Waals surface area contributed by atoms with Crippen molar-refractivity contribution in [1.29, 1.82) is 0 Å². The zero-order valence-electron chi connectivity index (χ0n) is 18.0. The number of nitrogens with one attached hydrogen (secondary N) is 1. The third-order valence-corrected chi connectivity index (χ3v) is 8.68. The van der Waals surface area contributed by atoms with Gasteiger partial charge in [-0.25, -0.2) is 13.4 Å². The molecule has 0 saturated heterocycles. The van der Waals surface area contributed by atoms with Crippen molar-refractivity contribution in [3.05, 3.63) is 69.9 Å². The van der Waals surface area contributed by atoms with E-state index in [4.69, 9.17) is 4.74 Å². The minimum absolute atomic E-state index is 0.00583. The second kappa shape index (κ2) is 10.8. The average Bonchev–Trinajstić information content (AvgIpc) is 3.27. The van der Waals surface area contributed by atoms with Crippen LogP contribution in [0.4, 0.5) is 10.8 Å². The summed E-state index contributed by atoms with van der Waals surface area (Å²) < 4.78 is 30.2. The van der Waals surface area contributed by atoms with Crippen LogP contribution in [0.5, 0.6) is 0 Å². The fraction of sp³-hybridized carbons (Fsp3) is 0.190. The lowest BCUT2D eigenvalue weighted by Gasteiger charge is -2.07. The highest BCUT2D eigenvalue weighted by molar-refractivity contribution is 8.00. The lowest BCUT2D eigenvalue weighted by Crippen LogP contribution is -2.21. The number of thioether (sulfide) groups is 1. The van der Waals surface area contributed by atoms with Gasteiger partial charge < -0.3 is 4.74 Å². The predicted molar refractivity (Wildman–Crippen MR) is 127 cm³/mol. The Morgan fingerprint density at radius 1 is 1.18 bits per heavy atom. The SMILES string of the molecule is Cc1ccc(C)c(SCC(=O)OCC(=O)Nc2ncc(S(=O)(=O)c3ccc([N+](=O)[O-])cc3)s2)c1. The summed E-state index contributed by atoms with van der Waals surface area (Å²) in [6.45, 7) is 3.34. The Labute approximate surface area is 203 Å². The molecule has 34 heavy (non-hydrogen) atoms. The number of anilines is 1. The van der Waals surface area contributed by atoms with E-state index in [1.807, 2.05) is 32.0 Å². The van der Waals surface area contributed by atoms with Gasteiger partial charge in [-0.1, -0.05) is 29.0 Å². The van der Waals surface area contributed by atoms with Crippen molar-refractivity contribution in [2.24, 2.45) is 0 Å². The van der Waals surface area contributed by atoms with Gasteiger partial charge in [0.25, 0.3) is 11.6 Å². The van der Waals surface area contributed by atoms with Crippen molar-refractivity contribution in [3.63, 3.8) is 0 Å². The number of amides is 1. The summed E-state index contributed by atoms with van der Waals surface area (Å²) in [5, 5.41) is 13.1. The molecule has 0 saturated carbocycles. The summed E-state index contributed by atoms with van der Waals surface area (Å²) >= 11 is 2.02. The molecule has 0 aliphatic heterocycles. The molecule has 0 bridgehead atoms. The van der Waals surface area contributed by atoms with E-state index in [-0.39, 0.29) is 25.7 Å². The van der Waals surface area contributed by atoms with Crippen LogP contribution in [0.3, 0.4) is 0 Å². The minimum atomic E-state index is -3.97. The molecule has 0 aliphatic carbocycles. The maximum atomic E-state index is 12.7. The van der Waals surface area contributed by atoms with Crippen molar-refractivity contribution < 1.29 is 27.7 Å². The molecule has 0 radical (unpaired) electrons. The van der Waals surface area contributed by atoms with Gasteiger partial charge in [-0.3, -0.25) is 25.0 Å². The van der Waals surface area contributed by atoms with Gasteiger partial charge in [-0.15, -0.1) is 11.8 Å². The first kappa shape index (κ1) is 25.3. The Balaban J connectivity index is 1.53. The second-order valence-electron chi connectivity index (χ2n) is 7.01. The number of hydrogen-bond donors (Lipinski definition) is 1. The number of nitrogens with zero attached hydrogens (tertiary/aromatic N) is 2. The van der Waals surface area contributed by atoms with Crippen LogP contribution in [0.2, 0.25) is 0 Å². The number of esters is 1. The highest BCUT2D eigenvalue weighted by atomic mass is 32.2. The van der Waals surface area contributed by atoms with Crippen LogP contribution in [0.1, 0.15) is 11.1 Å². The number of thiazole rings is 1. The zero-order chi connectivity index (χ0) is 24.9. The van der Waals surface area contributed by atoms with Gasteiger partial charge in [0.05, 0.1) is 21.8 Å². The standard InChI is InChI=1S/C21H19N3O7S3/c1-13-3-4-14(2)17(9-13)32-12-19(26)31-11-18(25)23-21-22-10-20(33-21)34(29,30)16-7-5-15(6-8-16)24(27)28/h3-10H,11-12H2,1-2H3,(H,22,23,25). The molecular weight excluding hydrogens is 502 g/mol. The Morgan fingerprint density at radius 3 is 2.56 bits per heavy atom. The number of carbonyl (C=O) groups excluding carboxylic acids is 2. The van der Waals surface area contributed by atoms with Crippen LogP contribution >= 0.6 is 23.1 Å². The smallest absolute Gasteiger partial charge is 0.316 e. The fourth-order valence-corrected chi connectivity index (χ4v) is 6.02. The van der Waals surface area contributed by atoms with Crippen LogP contribution in [0.15, 0.2) is 62.7 Å². The summed E-state index contributed by atoms with van der Waals surface area (Å²) in [7, 11) is -3.97. The van der Waals surface area contributed by atoms with E-state index in [0.717, 1.165) is 46.5 Å². The molecule has 0 unspecified atom stereocenters. The summed E-state index contributed by atoms with van der Waals surface area (Å²) in [6, 6.07) is 10.3. The molecule has 10 nitrogen and oxygen atoms in total. The van der Waals surface area contributed by atoms with Gasteiger partial charge in [0.15, 0.2) is 11.7 Å². The first-order chi connectivity index (χ1) is 16.1. The van der Waals surface area contributed by atoms with Crippen LogP contribution in [-0.4, -0.2) is 42.6 Å². The van der Waals surface area contributed by atoms with E-state index >= 15 is 0 Å². The Kier molecular flexibility index (Phi) is 8.02. The topological polar surface area (TPSA) is 146 Å². The van der Waals surface area contributed by atoms with Crippen LogP contribution in [-0.2, 0) is 24.2 Å². The van der Waals surface area contributed by atoms with E-state index in [2.05, 4.69) is 10.3 Å². The number of ether oxygens (including phenoxy) is 1. The number of benzene rings is 2. The van der Waals surface area contributed by atoms with Gasteiger partial charge in [0, 0.05) is 17.0 Å². The number of nitro benzene ring substituents is 1. The largest absolute Gasteiger partial charge is 0.455 e. The molecule has 0 spiro atoms. The van der Waals surface area contributed by atoms with Gasteiger partial charge in [0.1, 0.15) is 4.21 Å². The third-order valence-electron chi connectivity index (χ3n) is 4.41. The van der Waals surface area contributed by atoms with Crippen molar-refractivity contribution in [3.8, 4) is 0 Å². The molecule has 2 aromatic carbocycles. The number of aryl methyl sites for hydroxylation is 2. The van der Waals surface area contributed by atoms with Crippen LogP contribution in [0, 0.1) is 24.0 Å². The summed E-state index contributed by atoms with van der Waals surface area (Å²) in [6.07, 6.45) is 1.07. The zero-order valence-corrected chi connectivity index (χ0v) is 20.5. The van der Waals surface area contributed by atoms with Crippen molar-refractivity contribution in [2.75, 3.05) is 17.7 Å². The lowest BCUT2D eigenvalue weighted by molar-refractivity contribution is -0.384. The van der Waals surface area contributed by atoms with E-state index in [1.54, 1.807) is 0 Å². The van der Waals surface area contributed by atoms with Crippen molar-refractivity contribution in [1.82, 2.24) is 4.98 Å². The third kappa shape index (κ3) is 6.40. The molecule has 0 fully saturated rings. The van der Waals surface area contributed by atoms with E-state index in [0.29, 0.717) is 11.3 Å². The monoisotopic (exact) mass is 521 g/mol. The number of aromatic nitrogens is 1. The Hall–Kier alpha value is -3.29. The number of carbonyl (C=O) groups is 2. The van der Waals surface area contributed by atoms with Gasteiger partial charge in [-0.05, 0) is 37.6 Å². The minimum Gasteiger partial charge on any atom is -0.455 e. The number of nitro groups is 1. The maximum Gasteiger partial charge on any atom is 0.316 e. The quantitative estimate of drug-likeness (QED) is 0.192. The van der Waals surface area contributed by atoms with Gasteiger partial charge in [-0.2, -0.15) is 0 Å². The summed E-state index contributed by atoms with van der Waals surface area (Å²) in [4.78, 5) is 38.8. The number of hydrogen-bond acceptors (Lipinski definition) is 10. The normalized spacial score (nSPS) is 11.1. The first-order valence-corrected chi connectivity index (χ1v) is 13.0. The number of rotatable bonds is 9. The second-order valence-corrected chi connectivity index (χ2v) is 11.2. The molecule has 3 aromatic rings. The molecule has 1 amide bonds. The van der Waals surface area contributed by atoms with E-state index in [1.165, 1.54) is 11.8 Å². The molecule has 1 N–H and O–H groups in total. The maximum absolute atomic E-state index is 12.7. The lowest BCUT2D eigenvalue weighted by atomic mass is 10.2. The highest BCUT2D eigenvalue weighted by Gasteiger charge is 2.22. The van der Waals surface area contributed by atoms with E-state index < -0.39 is 33.2 Å². The van der Waals surface area contributed by atoms with Crippen LogP contribution in [0.25, 0.3) is 0 Å². The molecule has 13 heteroatoms. The molecule has 0 aliphatic rings. The Morgan fingerprint density at radius 2 is 1.88 bits per heavy atom. The highest BCUT2D eigenvalue weighted by Crippen LogP contribution is 2.29. The van der Waals surface area contributed by atoms with Gasteiger partial charge >= 0.3 is 5.97 Å². The van der Waals surface area contributed by atoms with E-state index in [9.17, 15) is 28.1 Å². The van der Waals surface area contributed by atoms with Crippen molar-refractivity contribution >= 4 is 55.6 Å². The van der Waals surface area contributed by atoms with Crippen LogP contribution < -0.4 is 5.32 Å². The summed E-state index contributed by atoms with van der Waals surface area (Å²) in [5.74, 6) is -1.20. The molecule has 0 atom stereocenters. The first-order valence-electron chi connectivity index (χ1n) is 9.67. The molecule has 1 heterocycles. The average molecular weight is 522 g/mol. The molecule has 178 valence electrons. The van der Waals surface area contributed by atoms with Crippen molar-refractivity contribution in [2.45, 2.75) is 27.8 Å². The predicted octanol–water partition coefficient (Wildman–Crippen LogP) is 3.77. The number of non-ortho nitro benzene ring substituents is 1. The summed E-state index contributed by atoms with van der Waals surface area (Å²) in [5.41, 5.74) is 1.86. The van der Waals surface area contributed by atoms with Gasteiger partial charge in [0.2, 0.25) is 9.84 Å². The fourth-order valence-electron chi connectivity index (χ4n) is 2.65. The Bertz CT molecular complexity index is 1340. The molecule has 3 rings (SSSR count). The molecular formula is C21H19N3O7S3. The molecule has 1 aromatic heterocycles. The number of sulfone groups is 1.